The fraction of sp³-hybridized carbons (Fsp3) is 0.231. The summed E-state index contributed by atoms with van der Waals surface area (Å²) in [6.45, 7) is 2.70. The van der Waals surface area contributed by atoms with Gasteiger partial charge in [-0.15, -0.1) is 0 Å². The average molecular weight is 450 g/mol. The van der Waals surface area contributed by atoms with Gasteiger partial charge < -0.3 is 14.2 Å². The SMILES string of the molecule is [B]COc1ccc(-c2ccc(-c3ccc(C4OCC(/C=C/C)CO4)cc3F)cc2)c(F)c1F. The standard InChI is InChI=1S/C26H22BF3O3/c1-2-3-16-13-31-26(32-14-16)19-8-9-20(22(28)12-19)17-4-6-18(7-5-17)21-10-11-23(33-15-27)25(30)24(21)29/h2-12,16,26H,13-15H2,1H3/b3-2+. The molecule has 3 nitrogen and oxygen atoms in total. The second-order valence-electron chi connectivity index (χ2n) is 7.65. The molecule has 33 heavy (non-hydrogen) atoms. The Bertz CT molecular complexity index is 1140. The Labute approximate surface area is 192 Å². The number of benzene rings is 3. The van der Waals surface area contributed by atoms with Crippen molar-refractivity contribution in [2.75, 3.05) is 19.7 Å². The van der Waals surface area contributed by atoms with Crippen molar-refractivity contribution < 1.29 is 27.4 Å². The molecule has 0 aromatic heterocycles. The van der Waals surface area contributed by atoms with Crippen molar-refractivity contribution >= 4 is 7.85 Å². The molecule has 4 rings (SSSR count). The lowest BCUT2D eigenvalue weighted by Gasteiger charge is -2.28. The molecule has 1 fully saturated rings. The van der Waals surface area contributed by atoms with Crippen molar-refractivity contribution in [1.82, 2.24) is 0 Å². The van der Waals surface area contributed by atoms with Crippen molar-refractivity contribution in [3.05, 3.63) is 89.8 Å². The molecule has 0 aliphatic carbocycles. The lowest BCUT2D eigenvalue weighted by molar-refractivity contribution is -0.197. The van der Waals surface area contributed by atoms with Crippen LogP contribution < -0.4 is 4.74 Å². The number of hydrogen-bond acceptors (Lipinski definition) is 3. The Kier molecular flexibility index (Phi) is 7.21. The zero-order chi connectivity index (χ0) is 23.4. The third-order valence-electron chi connectivity index (χ3n) is 5.45. The van der Waals surface area contributed by atoms with Crippen LogP contribution in [0.25, 0.3) is 22.3 Å². The van der Waals surface area contributed by atoms with E-state index in [1.54, 1.807) is 36.4 Å². The van der Waals surface area contributed by atoms with Crippen LogP contribution in [0.1, 0.15) is 18.8 Å². The zero-order valence-electron chi connectivity index (χ0n) is 18.1. The summed E-state index contributed by atoms with van der Waals surface area (Å²) in [5.41, 5.74) is 2.11. The van der Waals surface area contributed by atoms with Gasteiger partial charge in [0.1, 0.15) is 13.7 Å². The van der Waals surface area contributed by atoms with Gasteiger partial charge >= 0.3 is 0 Å². The van der Waals surface area contributed by atoms with Gasteiger partial charge in [0.2, 0.25) is 5.82 Å². The number of ether oxygens (including phenoxy) is 3. The van der Waals surface area contributed by atoms with Gasteiger partial charge in [0.15, 0.2) is 17.9 Å². The normalized spacial score (nSPS) is 18.5. The number of halogens is 3. The van der Waals surface area contributed by atoms with Crippen molar-refractivity contribution in [1.29, 1.82) is 0 Å². The molecular weight excluding hydrogens is 428 g/mol. The predicted molar refractivity (Wildman–Crippen MR) is 121 cm³/mol. The fourth-order valence-corrected chi connectivity index (χ4v) is 3.79. The molecule has 0 bridgehead atoms. The molecule has 168 valence electrons. The molecule has 1 saturated heterocycles. The second kappa shape index (κ2) is 10.3. The van der Waals surface area contributed by atoms with Gasteiger partial charge in [0.25, 0.3) is 0 Å². The van der Waals surface area contributed by atoms with Crippen LogP contribution in [0.15, 0.2) is 66.7 Å². The van der Waals surface area contributed by atoms with Gasteiger partial charge in [-0.05, 0) is 36.2 Å². The molecule has 7 heteroatoms. The van der Waals surface area contributed by atoms with Gasteiger partial charge in [-0.1, -0.05) is 48.6 Å². The summed E-state index contributed by atoms with van der Waals surface area (Å²) < 4.78 is 59.8. The third-order valence-corrected chi connectivity index (χ3v) is 5.45. The Hall–Kier alpha value is -3.03. The van der Waals surface area contributed by atoms with Crippen LogP contribution >= 0.6 is 0 Å². The molecular formula is C26H22BF3O3. The number of hydrogen-bond donors (Lipinski definition) is 0. The van der Waals surface area contributed by atoms with Crippen molar-refractivity contribution in [2.24, 2.45) is 5.92 Å². The minimum absolute atomic E-state index is 0.0714. The van der Waals surface area contributed by atoms with Crippen molar-refractivity contribution in [2.45, 2.75) is 13.2 Å². The predicted octanol–water partition coefficient (Wildman–Crippen LogP) is 6.18. The van der Waals surface area contributed by atoms with Gasteiger partial charge in [-0.3, -0.25) is 0 Å². The third kappa shape index (κ3) is 4.99. The maximum atomic E-state index is 14.9. The zero-order valence-corrected chi connectivity index (χ0v) is 18.1. The molecule has 1 aliphatic heterocycles. The van der Waals surface area contributed by atoms with E-state index in [0.29, 0.717) is 35.5 Å². The summed E-state index contributed by atoms with van der Waals surface area (Å²) in [5, 5.41) is 0. The monoisotopic (exact) mass is 450 g/mol. The molecule has 2 radical (unpaired) electrons. The van der Waals surface area contributed by atoms with Crippen LogP contribution in [-0.2, 0) is 9.47 Å². The molecule has 3 aromatic rings. The minimum Gasteiger partial charge on any atom is -0.500 e. The molecule has 0 atom stereocenters. The molecule has 1 heterocycles. The van der Waals surface area contributed by atoms with Crippen LogP contribution in [0.2, 0.25) is 0 Å². The van der Waals surface area contributed by atoms with E-state index in [1.807, 2.05) is 19.1 Å². The van der Waals surface area contributed by atoms with Crippen molar-refractivity contribution in [3.8, 4) is 28.0 Å². The summed E-state index contributed by atoms with van der Waals surface area (Å²) in [5.74, 6) is -2.62. The summed E-state index contributed by atoms with van der Waals surface area (Å²) in [6.07, 6.45) is 3.36. The molecule has 0 unspecified atom stereocenters. The van der Waals surface area contributed by atoms with E-state index < -0.39 is 23.7 Å². The smallest absolute Gasteiger partial charge is 0.201 e. The molecule has 0 N–H and O–H groups in total. The Balaban J connectivity index is 1.52. The van der Waals surface area contributed by atoms with E-state index >= 15 is 0 Å². The maximum absolute atomic E-state index is 14.9. The Morgan fingerprint density at radius 3 is 2.15 bits per heavy atom. The largest absolute Gasteiger partial charge is 0.500 e. The first-order valence-corrected chi connectivity index (χ1v) is 10.6. The molecule has 3 aromatic carbocycles. The van der Waals surface area contributed by atoms with Gasteiger partial charge in [0.05, 0.1) is 13.2 Å². The lowest BCUT2D eigenvalue weighted by atomic mass is 9.98. The summed E-state index contributed by atoms with van der Waals surface area (Å²) in [6, 6.07) is 14.1. The van der Waals surface area contributed by atoms with Crippen LogP contribution in [0.5, 0.6) is 5.75 Å². The quantitative estimate of drug-likeness (QED) is 0.332. The molecule has 0 spiro atoms. The first-order valence-electron chi connectivity index (χ1n) is 10.6. The first-order chi connectivity index (χ1) is 16.0. The van der Waals surface area contributed by atoms with E-state index in [9.17, 15) is 13.2 Å². The van der Waals surface area contributed by atoms with Crippen molar-refractivity contribution in [3.63, 3.8) is 0 Å². The Morgan fingerprint density at radius 1 is 0.909 bits per heavy atom. The van der Waals surface area contributed by atoms with E-state index in [0.717, 1.165) is 0 Å². The lowest BCUT2D eigenvalue weighted by Crippen LogP contribution is -2.25. The van der Waals surface area contributed by atoms with Crippen LogP contribution in [0.4, 0.5) is 13.2 Å². The van der Waals surface area contributed by atoms with E-state index in [-0.39, 0.29) is 23.7 Å². The average Bonchev–Trinajstić information content (AvgIpc) is 2.83. The summed E-state index contributed by atoms with van der Waals surface area (Å²) in [7, 11) is 5.22. The van der Waals surface area contributed by atoms with Gasteiger partial charge in [-0.25, -0.2) is 8.78 Å². The molecule has 1 aliphatic rings. The van der Waals surface area contributed by atoms with Crippen LogP contribution in [-0.4, -0.2) is 27.6 Å². The minimum atomic E-state index is -1.10. The van der Waals surface area contributed by atoms with E-state index in [2.05, 4.69) is 0 Å². The highest BCUT2D eigenvalue weighted by atomic mass is 19.2. The second-order valence-corrected chi connectivity index (χ2v) is 7.65. The van der Waals surface area contributed by atoms with E-state index in [4.69, 9.17) is 22.1 Å². The Morgan fingerprint density at radius 2 is 1.55 bits per heavy atom. The highest BCUT2D eigenvalue weighted by Crippen LogP contribution is 2.33. The highest BCUT2D eigenvalue weighted by molar-refractivity contribution is 6.08. The molecule has 0 amide bonds. The van der Waals surface area contributed by atoms with Gasteiger partial charge in [-0.2, -0.15) is 4.39 Å². The number of allylic oxidation sites excluding steroid dienone is 1. The van der Waals surface area contributed by atoms with Gasteiger partial charge in [0, 0.05) is 29.1 Å². The molecule has 0 saturated carbocycles. The first kappa shape index (κ1) is 23.1. The number of rotatable bonds is 6. The maximum Gasteiger partial charge on any atom is 0.201 e. The fourth-order valence-electron chi connectivity index (χ4n) is 3.79. The van der Waals surface area contributed by atoms with E-state index in [1.165, 1.54) is 18.2 Å². The highest BCUT2D eigenvalue weighted by Gasteiger charge is 2.23. The summed E-state index contributed by atoms with van der Waals surface area (Å²) >= 11 is 0. The van der Waals surface area contributed by atoms with Crippen LogP contribution in [0, 0.1) is 23.4 Å². The summed E-state index contributed by atoms with van der Waals surface area (Å²) in [4.78, 5) is 0. The topological polar surface area (TPSA) is 27.7 Å². The van der Waals surface area contributed by atoms with Crippen LogP contribution in [0.3, 0.4) is 0 Å².